The van der Waals surface area contributed by atoms with Crippen LogP contribution in [0, 0.1) is 0 Å². The van der Waals surface area contributed by atoms with Crippen LogP contribution in [-0.2, 0) is 24.2 Å². The fourth-order valence-corrected chi connectivity index (χ4v) is 4.74. The summed E-state index contributed by atoms with van der Waals surface area (Å²) in [6.45, 7) is 6.23. The summed E-state index contributed by atoms with van der Waals surface area (Å²) in [6.07, 6.45) is 7.40. The Morgan fingerprint density at radius 3 is 2.67 bits per heavy atom. The van der Waals surface area contributed by atoms with E-state index in [0.29, 0.717) is 17.4 Å². The van der Waals surface area contributed by atoms with Crippen LogP contribution in [0.2, 0.25) is 0 Å². The number of amides is 2. The molecule has 0 bridgehead atoms. The van der Waals surface area contributed by atoms with Gasteiger partial charge in [0.2, 0.25) is 5.91 Å². The first-order valence-electron chi connectivity index (χ1n) is 11.1. The minimum absolute atomic E-state index is 0.0300. The molecule has 7 heteroatoms. The van der Waals surface area contributed by atoms with Crippen LogP contribution in [0.5, 0.6) is 0 Å². The van der Waals surface area contributed by atoms with Crippen LogP contribution in [0.3, 0.4) is 0 Å². The lowest BCUT2D eigenvalue weighted by Gasteiger charge is -2.14. The molecule has 2 aromatic rings. The molecule has 0 unspecified atom stereocenters. The van der Waals surface area contributed by atoms with Gasteiger partial charge in [0.15, 0.2) is 0 Å². The average molecular weight is 431 g/mol. The Balaban J connectivity index is 1.59. The van der Waals surface area contributed by atoms with Gasteiger partial charge in [-0.15, -0.1) is 0 Å². The maximum absolute atomic E-state index is 12.6. The highest BCUT2D eigenvalue weighted by Gasteiger charge is 2.21. The number of carbonyl (C=O) groups excluding carboxylic acids is 2. The van der Waals surface area contributed by atoms with Crippen molar-refractivity contribution in [3.05, 3.63) is 35.0 Å². The smallest absolute Gasteiger partial charge is 0.251 e. The first-order valence-corrected chi connectivity index (χ1v) is 11.9. The van der Waals surface area contributed by atoms with E-state index in [1.165, 1.54) is 11.3 Å². The number of primary amides is 1. The van der Waals surface area contributed by atoms with Crippen molar-refractivity contribution >= 4 is 34.7 Å². The van der Waals surface area contributed by atoms with Crippen molar-refractivity contribution in [2.45, 2.75) is 70.6 Å². The number of aromatic nitrogens is 1. The molecule has 1 aliphatic carbocycles. The second kappa shape index (κ2) is 10.9. The van der Waals surface area contributed by atoms with Crippen molar-refractivity contribution in [1.29, 1.82) is 0 Å². The van der Waals surface area contributed by atoms with Gasteiger partial charge < -0.3 is 15.6 Å². The van der Waals surface area contributed by atoms with E-state index in [0.717, 1.165) is 62.4 Å². The maximum atomic E-state index is 12.6. The van der Waals surface area contributed by atoms with E-state index in [1.54, 1.807) is 11.9 Å². The zero-order valence-electron chi connectivity index (χ0n) is 18.1. The third-order valence-electron chi connectivity index (χ3n) is 5.51. The standard InChI is InChI=1S/C23H34N4O2S/c1-16(2)30-26-13-7-3-6-12-25-23(29)17-10-11-21-19(14-17)18-8-4-5-9-20(18)27(21)15-22(24)28/h10-11,14,16,26H,3-9,12-13,15H2,1-2H3,(H2,24,28)(H,25,29). The largest absolute Gasteiger partial charge is 0.368 e. The highest BCUT2D eigenvalue weighted by atomic mass is 32.2. The monoisotopic (exact) mass is 430 g/mol. The second-order valence-electron chi connectivity index (χ2n) is 8.29. The zero-order chi connectivity index (χ0) is 21.5. The van der Waals surface area contributed by atoms with Gasteiger partial charge in [-0.1, -0.05) is 32.2 Å². The SMILES string of the molecule is CC(C)SNCCCCCNC(=O)c1ccc2c(c1)c1c(n2CC(N)=O)CCCC1. The number of nitrogens with two attached hydrogens (primary N) is 1. The topological polar surface area (TPSA) is 89.2 Å². The van der Waals surface area contributed by atoms with Crippen LogP contribution in [0.1, 0.15) is 67.6 Å². The molecule has 2 amide bonds. The van der Waals surface area contributed by atoms with E-state index in [4.69, 9.17) is 5.73 Å². The number of hydrogen-bond donors (Lipinski definition) is 3. The van der Waals surface area contributed by atoms with Gasteiger partial charge in [0.25, 0.3) is 5.91 Å². The number of aryl methyl sites for hydroxylation is 1. The van der Waals surface area contributed by atoms with Gasteiger partial charge in [-0.2, -0.15) is 0 Å². The molecule has 1 heterocycles. The van der Waals surface area contributed by atoms with Crippen LogP contribution < -0.4 is 15.8 Å². The number of benzene rings is 1. The molecule has 0 aliphatic heterocycles. The van der Waals surface area contributed by atoms with Gasteiger partial charge in [0, 0.05) is 40.5 Å². The molecule has 6 nitrogen and oxygen atoms in total. The van der Waals surface area contributed by atoms with E-state index < -0.39 is 0 Å². The summed E-state index contributed by atoms with van der Waals surface area (Å²) < 4.78 is 5.41. The Labute approximate surface area is 183 Å². The van der Waals surface area contributed by atoms with E-state index in [2.05, 4.69) is 23.9 Å². The fourth-order valence-electron chi connectivity index (χ4n) is 4.14. The summed E-state index contributed by atoms with van der Waals surface area (Å²) >= 11 is 1.77. The first-order chi connectivity index (χ1) is 14.5. The summed E-state index contributed by atoms with van der Waals surface area (Å²) in [5.41, 5.74) is 9.64. The van der Waals surface area contributed by atoms with Crippen molar-refractivity contribution in [1.82, 2.24) is 14.6 Å². The zero-order valence-corrected chi connectivity index (χ0v) is 18.9. The van der Waals surface area contributed by atoms with Crippen LogP contribution in [0.4, 0.5) is 0 Å². The molecular weight excluding hydrogens is 396 g/mol. The molecule has 30 heavy (non-hydrogen) atoms. The summed E-state index contributed by atoms with van der Waals surface area (Å²) in [4.78, 5) is 24.2. The molecular formula is C23H34N4O2S. The highest BCUT2D eigenvalue weighted by molar-refractivity contribution is 7.97. The number of fused-ring (bicyclic) bond motifs is 3. The van der Waals surface area contributed by atoms with E-state index in [9.17, 15) is 9.59 Å². The minimum Gasteiger partial charge on any atom is -0.368 e. The molecule has 164 valence electrons. The van der Waals surface area contributed by atoms with Gasteiger partial charge in [-0.25, -0.2) is 0 Å². The van der Waals surface area contributed by atoms with E-state index in [-0.39, 0.29) is 18.4 Å². The summed E-state index contributed by atoms with van der Waals surface area (Å²) in [7, 11) is 0. The Hall–Kier alpha value is -1.99. The molecule has 0 radical (unpaired) electrons. The van der Waals surface area contributed by atoms with Gasteiger partial charge in [0.05, 0.1) is 0 Å². The normalized spacial score (nSPS) is 13.6. The molecule has 0 atom stereocenters. The molecule has 1 aromatic carbocycles. The van der Waals surface area contributed by atoms with Gasteiger partial charge in [0.1, 0.15) is 6.54 Å². The number of rotatable bonds is 11. The Kier molecular flexibility index (Phi) is 8.22. The molecule has 1 aliphatic rings. The molecule has 0 spiro atoms. The maximum Gasteiger partial charge on any atom is 0.251 e. The van der Waals surface area contributed by atoms with Crippen molar-refractivity contribution in [2.75, 3.05) is 13.1 Å². The lowest BCUT2D eigenvalue weighted by atomic mass is 9.95. The predicted octanol–water partition coefficient (Wildman–Crippen LogP) is 3.55. The number of nitrogens with one attached hydrogen (secondary N) is 2. The fraction of sp³-hybridized carbons (Fsp3) is 0.565. The minimum atomic E-state index is -0.333. The third-order valence-corrected chi connectivity index (χ3v) is 6.36. The summed E-state index contributed by atoms with van der Waals surface area (Å²) in [5.74, 6) is -0.363. The lowest BCUT2D eigenvalue weighted by molar-refractivity contribution is -0.118. The number of carbonyl (C=O) groups is 2. The predicted molar refractivity (Wildman–Crippen MR) is 125 cm³/mol. The molecule has 4 N–H and O–H groups in total. The first kappa shape index (κ1) is 22.7. The summed E-state index contributed by atoms with van der Waals surface area (Å²) in [6, 6.07) is 5.80. The quantitative estimate of drug-likeness (QED) is 0.376. The van der Waals surface area contributed by atoms with Crippen LogP contribution in [0.25, 0.3) is 10.9 Å². The Bertz CT molecular complexity index is 891. The molecule has 0 saturated carbocycles. The number of nitrogens with zero attached hydrogens (tertiary/aromatic N) is 1. The Morgan fingerprint density at radius 2 is 1.90 bits per heavy atom. The second-order valence-corrected chi connectivity index (χ2v) is 9.76. The van der Waals surface area contributed by atoms with Gasteiger partial charge in [-0.3, -0.25) is 14.3 Å². The van der Waals surface area contributed by atoms with Gasteiger partial charge in [-0.05, 0) is 62.3 Å². The Morgan fingerprint density at radius 1 is 1.13 bits per heavy atom. The number of unbranched alkanes of at least 4 members (excludes halogenated alkanes) is 2. The van der Waals surface area contributed by atoms with Crippen molar-refractivity contribution in [3.63, 3.8) is 0 Å². The lowest BCUT2D eigenvalue weighted by Crippen LogP contribution is -2.24. The molecule has 0 saturated heterocycles. The van der Waals surface area contributed by atoms with Gasteiger partial charge >= 0.3 is 0 Å². The number of hydrogen-bond acceptors (Lipinski definition) is 4. The van der Waals surface area contributed by atoms with Crippen molar-refractivity contribution in [3.8, 4) is 0 Å². The molecule has 3 rings (SSSR count). The van der Waals surface area contributed by atoms with E-state index >= 15 is 0 Å². The van der Waals surface area contributed by atoms with Crippen LogP contribution >= 0.6 is 11.9 Å². The third kappa shape index (κ3) is 5.79. The average Bonchev–Trinajstić information content (AvgIpc) is 3.02. The highest BCUT2D eigenvalue weighted by Crippen LogP contribution is 2.32. The summed E-state index contributed by atoms with van der Waals surface area (Å²) in [5, 5.41) is 4.73. The molecule has 1 aromatic heterocycles. The van der Waals surface area contributed by atoms with Crippen LogP contribution in [-0.4, -0.2) is 34.7 Å². The van der Waals surface area contributed by atoms with Crippen molar-refractivity contribution < 1.29 is 9.59 Å². The van der Waals surface area contributed by atoms with Crippen LogP contribution in [0.15, 0.2) is 18.2 Å². The molecule has 0 fully saturated rings. The van der Waals surface area contributed by atoms with Crippen molar-refractivity contribution in [2.24, 2.45) is 5.73 Å². The van der Waals surface area contributed by atoms with E-state index in [1.807, 2.05) is 22.8 Å².